The zero-order valence-electron chi connectivity index (χ0n) is 18.0. The number of benzene rings is 1. The fourth-order valence-corrected chi connectivity index (χ4v) is 4.56. The van der Waals surface area contributed by atoms with Crippen molar-refractivity contribution in [3.05, 3.63) is 71.7 Å². The second-order valence-electron chi connectivity index (χ2n) is 8.52. The van der Waals surface area contributed by atoms with E-state index in [2.05, 4.69) is 21.6 Å². The largest absolute Gasteiger partial charge is 0.457 e. The number of rotatable bonds is 6. The van der Waals surface area contributed by atoms with Gasteiger partial charge in [0.15, 0.2) is 0 Å². The van der Waals surface area contributed by atoms with Crippen molar-refractivity contribution >= 4 is 23.6 Å². The number of amides is 2. The fourth-order valence-electron chi connectivity index (χ4n) is 4.56. The summed E-state index contributed by atoms with van der Waals surface area (Å²) >= 11 is 0. The molecule has 1 atom stereocenters. The zero-order chi connectivity index (χ0) is 21.9. The van der Waals surface area contributed by atoms with Crippen LogP contribution in [0, 0.1) is 5.92 Å². The van der Waals surface area contributed by atoms with Crippen LogP contribution in [0.25, 0.3) is 17.4 Å². The highest BCUT2D eigenvalue weighted by Gasteiger charge is 2.33. The van der Waals surface area contributed by atoms with Crippen molar-refractivity contribution < 1.29 is 14.0 Å². The SMILES string of the molecule is O=C(CCN1CCCC1)Nc1cccc(-c2ccc(/C=C3/C(=O)NC4=CC=CCC43)o2)c1. The Labute approximate surface area is 187 Å². The van der Waals surface area contributed by atoms with Crippen LogP contribution in [0.5, 0.6) is 0 Å². The van der Waals surface area contributed by atoms with E-state index in [0.717, 1.165) is 48.6 Å². The molecule has 2 N–H and O–H groups in total. The molecule has 32 heavy (non-hydrogen) atoms. The van der Waals surface area contributed by atoms with Gasteiger partial charge >= 0.3 is 0 Å². The summed E-state index contributed by atoms with van der Waals surface area (Å²) < 4.78 is 6.02. The van der Waals surface area contributed by atoms with Crippen LogP contribution in [0.2, 0.25) is 0 Å². The number of fused-ring (bicyclic) bond motifs is 1. The second kappa shape index (κ2) is 9.01. The van der Waals surface area contributed by atoms with Gasteiger partial charge in [0.2, 0.25) is 5.91 Å². The average Bonchev–Trinajstić information content (AvgIpc) is 3.54. The summed E-state index contributed by atoms with van der Waals surface area (Å²) in [5.74, 6) is 1.36. The molecular weight excluding hydrogens is 402 g/mol. The lowest BCUT2D eigenvalue weighted by Gasteiger charge is -2.14. The van der Waals surface area contributed by atoms with Crippen molar-refractivity contribution in [1.29, 1.82) is 0 Å². The van der Waals surface area contributed by atoms with Crippen LogP contribution in [0.4, 0.5) is 5.69 Å². The van der Waals surface area contributed by atoms with Crippen LogP contribution in [0.15, 0.2) is 70.3 Å². The van der Waals surface area contributed by atoms with E-state index in [9.17, 15) is 9.59 Å². The monoisotopic (exact) mass is 429 g/mol. The Bertz CT molecular complexity index is 1120. The minimum Gasteiger partial charge on any atom is -0.457 e. The lowest BCUT2D eigenvalue weighted by molar-refractivity contribution is -0.117. The minimum atomic E-state index is -0.0680. The van der Waals surface area contributed by atoms with Gasteiger partial charge in [-0.15, -0.1) is 0 Å². The molecule has 1 aliphatic carbocycles. The minimum absolute atomic E-state index is 0.0246. The highest BCUT2D eigenvalue weighted by Crippen LogP contribution is 2.34. The summed E-state index contributed by atoms with van der Waals surface area (Å²) in [6.07, 6.45) is 11.6. The molecular formula is C26H27N3O3. The Kier molecular flexibility index (Phi) is 5.77. The molecule has 1 unspecified atom stereocenters. The number of likely N-dealkylation sites (tertiary alicyclic amines) is 1. The first-order valence-corrected chi connectivity index (χ1v) is 11.3. The van der Waals surface area contributed by atoms with Gasteiger partial charge in [0.1, 0.15) is 11.5 Å². The van der Waals surface area contributed by atoms with Crippen LogP contribution in [-0.2, 0) is 9.59 Å². The van der Waals surface area contributed by atoms with E-state index < -0.39 is 0 Å². The Balaban J connectivity index is 1.26. The number of carbonyl (C=O) groups is 2. The number of hydrogen-bond donors (Lipinski definition) is 2. The van der Waals surface area contributed by atoms with E-state index in [1.807, 2.05) is 54.6 Å². The Morgan fingerprint density at radius 3 is 2.97 bits per heavy atom. The summed E-state index contributed by atoms with van der Waals surface area (Å²) in [5.41, 5.74) is 3.30. The molecule has 0 spiro atoms. The zero-order valence-corrected chi connectivity index (χ0v) is 18.0. The Morgan fingerprint density at radius 2 is 2.09 bits per heavy atom. The van der Waals surface area contributed by atoms with Gasteiger partial charge in [-0.2, -0.15) is 0 Å². The second-order valence-corrected chi connectivity index (χ2v) is 8.52. The third-order valence-corrected chi connectivity index (χ3v) is 6.26. The van der Waals surface area contributed by atoms with Crippen LogP contribution in [0.1, 0.15) is 31.4 Å². The van der Waals surface area contributed by atoms with Gasteiger partial charge < -0.3 is 20.0 Å². The van der Waals surface area contributed by atoms with E-state index in [-0.39, 0.29) is 17.7 Å². The van der Waals surface area contributed by atoms with Gasteiger partial charge in [0.05, 0.1) is 0 Å². The quantitative estimate of drug-likeness (QED) is 0.670. The topological polar surface area (TPSA) is 74.6 Å². The van der Waals surface area contributed by atoms with Crippen LogP contribution in [0.3, 0.4) is 0 Å². The maximum Gasteiger partial charge on any atom is 0.252 e. The number of nitrogens with zero attached hydrogens (tertiary/aromatic N) is 1. The third-order valence-electron chi connectivity index (χ3n) is 6.26. The summed E-state index contributed by atoms with van der Waals surface area (Å²) in [6, 6.07) is 11.4. The Hall–Kier alpha value is -3.38. The van der Waals surface area contributed by atoms with Crippen molar-refractivity contribution in [3.63, 3.8) is 0 Å². The highest BCUT2D eigenvalue weighted by atomic mass is 16.3. The first-order chi connectivity index (χ1) is 15.7. The predicted octanol–water partition coefficient (Wildman–Crippen LogP) is 4.34. The number of furan rings is 1. The molecule has 2 aliphatic heterocycles. The fraction of sp³-hybridized carbons (Fsp3) is 0.308. The number of nitrogens with one attached hydrogen (secondary N) is 2. The van der Waals surface area contributed by atoms with Gasteiger partial charge in [-0.1, -0.05) is 24.3 Å². The summed E-state index contributed by atoms with van der Waals surface area (Å²) in [5, 5.41) is 5.93. The number of anilines is 1. The van der Waals surface area contributed by atoms with E-state index in [1.165, 1.54) is 12.8 Å². The Morgan fingerprint density at radius 1 is 1.22 bits per heavy atom. The van der Waals surface area contributed by atoms with Gasteiger partial charge in [-0.05, 0) is 68.8 Å². The molecule has 5 rings (SSSR count). The van der Waals surface area contributed by atoms with E-state index in [0.29, 0.717) is 17.9 Å². The lowest BCUT2D eigenvalue weighted by atomic mass is 9.92. The van der Waals surface area contributed by atoms with Crippen LogP contribution < -0.4 is 10.6 Å². The molecule has 2 fully saturated rings. The number of hydrogen-bond acceptors (Lipinski definition) is 4. The molecule has 2 amide bonds. The molecule has 2 aromatic rings. The number of allylic oxidation sites excluding steroid dienone is 4. The lowest BCUT2D eigenvalue weighted by Crippen LogP contribution is -2.25. The molecule has 3 heterocycles. The highest BCUT2D eigenvalue weighted by molar-refractivity contribution is 6.03. The van der Waals surface area contributed by atoms with Crippen LogP contribution >= 0.6 is 0 Å². The number of carbonyl (C=O) groups excluding carboxylic acids is 2. The standard InChI is InChI=1S/C26H27N3O3/c30-25(12-15-29-13-3-4-14-29)27-19-7-5-6-18(16-19)24-11-10-20(32-24)17-22-21-8-1-2-9-23(21)28-26(22)31/h1-2,5-7,9-11,16-17,21H,3-4,8,12-15H2,(H,27,30)(H,28,31)/b22-17+. The molecule has 1 aromatic carbocycles. The maximum absolute atomic E-state index is 12.4. The molecule has 1 aromatic heterocycles. The first kappa shape index (κ1) is 20.5. The van der Waals surface area contributed by atoms with Crippen molar-refractivity contribution in [2.24, 2.45) is 5.92 Å². The van der Waals surface area contributed by atoms with Crippen molar-refractivity contribution in [2.75, 3.05) is 25.0 Å². The van der Waals surface area contributed by atoms with Crippen molar-refractivity contribution in [3.8, 4) is 11.3 Å². The molecule has 6 nitrogen and oxygen atoms in total. The van der Waals surface area contributed by atoms with Gasteiger partial charge in [-0.25, -0.2) is 0 Å². The summed E-state index contributed by atoms with van der Waals surface area (Å²) in [4.78, 5) is 27.1. The first-order valence-electron chi connectivity index (χ1n) is 11.3. The normalized spacial score (nSPS) is 21.5. The van der Waals surface area contributed by atoms with Crippen molar-refractivity contribution in [1.82, 2.24) is 10.2 Å². The van der Waals surface area contributed by atoms with Gasteiger partial charge in [0.25, 0.3) is 5.91 Å². The van der Waals surface area contributed by atoms with Gasteiger partial charge in [-0.3, -0.25) is 9.59 Å². The van der Waals surface area contributed by atoms with E-state index in [4.69, 9.17) is 4.42 Å². The molecule has 164 valence electrons. The van der Waals surface area contributed by atoms with E-state index >= 15 is 0 Å². The summed E-state index contributed by atoms with van der Waals surface area (Å²) in [7, 11) is 0. The average molecular weight is 430 g/mol. The molecule has 0 bridgehead atoms. The molecule has 2 saturated heterocycles. The van der Waals surface area contributed by atoms with E-state index in [1.54, 1.807) is 0 Å². The summed E-state index contributed by atoms with van der Waals surface area (Å²) in [6.45, 7) is 3.00. The molecule has 0 saturated carbocycles. The smallest absolute Gasteiger partial charge is 0.252 e. The van der Waals surface area contributed by atoms with Crippen molar-refractivity contribution in [2.45, 2.75) is 25.7 Å². The molecule has 6 heteroatoms. The predicted molar refractivity (Wildman–Crippen MR) is 125 cm³/mol. The van der Waals surface area contributed by atoms with Crippen LogP contribution in [-0.4, -0.2) is 36.3 Å². The molecule has 0 radical (unpaired) electrons. The van der Waals surface area contributed by atoms with Gasteiger partial charge in [0, 0.05) is 41.4 Å². The third kappa shape index (κ3) is 4.46. The maximum atomic E-state index is 12.4. The molecule has 3 aliphatic rings.